The first-order valence-corrected chi connectivity index (χ1v) is 6.93. The Kier molecular flexibility index (Phi) is 10.0. The number of aliphatic hydroxyl groups is 1. The second kappa shape index (κ2) is 10.9. The van der Waals surface area contributed by atoms with Crippen molar-refractivity contribution < 1.29 is 19.4 Å². The Labute approximate surface area is 126 Å². The average molecular weight is 298 g/mol. The molecule has 0 aliphatic heterocycles. The molecule has 6 heteroatoms. The van der Waals surface area contributed by atoms with Gasteiger partial charge in [-0.1, -0.05) is 13.8 Å². The third kappa shape index (κ3) is 6.46. The largest absolute Gasteiger partial charge is 0.497 e. The van der Waals surface area contributed by atoms with E-state index in [1.165, 1.54) is 7.11 Å². The maximum Gasteiger partial charge on any atom is 0.234 e. The number of amides is 1. The van der Waals surface area contributed by atoms with Gasteiger partial charge in [-0.25, -0.2) is 0 Å². The van der Waals surface area contributed by atoms with E-state index in [-0.39, 0.29) is 19.0 Å². The molecule has 0 heterocycles. The molecular formula is C15H26N2O4. The van der Waals surface area contributed by atoms with Gasteiger partial charge in [0.25, 0.3) is 0 Å². The lowest BCUT2D eigenvalue weighted by molar-refractivity contribution is -0.120. The zero-order chi connectivity index (χ0) is 16.3. The Balaban J connectivity index is 0.00000191. The lowest BCUT2D eigenvalue weighted by Crippen LogP contribution is -2.34. The molecule has 3 N–H and O–H groups in total. The number of aliphatic hydroxyl groups excluding tert-OH is 1. The summed E-state index contributed by atoms with van der Waals surface area (Å²) in [5, 5.41) is 15.5. The summed E-state index contributed by atoms with van der Waals surface area (Å²) in [5.74, 6) is 0.996. The first-order valence-electron chi connectivity index (χ1n) is 6.93. The maximum absolute atomic E-state index is 11.3. The van der Waals surface area contributed by atoms with Crippen LogP contribution in [0.2, 0.25) is 0 Å². The maximum atomic E-state index is 11.3. The number of nitrogens with one attached hydrogen (secondary N) is 2. The van der Waals surface area contributed by atoms with Crippen molar-refractivity contribution >= 4 is 5.91 Å². The zero-order valence-electron chi connectivity index (χ0n) is 13.4. The molecule has 0 saturated heterocycles. The molecule has 0 aliphatic rings. The van der Waals surface area contributed by atoms with Crippen molar-refractivity contribution in [3.63, 3.8) is 0 Å². The summed E-state index contributed by atoms with van der Waals surface area (Å²) >= 11 is 0. The van der Waals surface area contributed by atoms with E-state index in [2.05, 4.69) is 10.6 Å². The van der Waals surface area contributed by atoms with E-state index in [0.717, 1.165) is 0 Å². The van der Waals surface area contributed by atoms with Crippen LogP contribution in [-0.2, 0) is 4.79 Å². The van der Waals surface area contributed by atoms with Gasteiger partial charge in [0, 0.05) is 12.1 Å². The molecular weight excluding hydrogens is 272 g/mol. The highest BCUT2D eigenvalue weighted by atomic mass is 16.5. The van der Waals surface area contributed by atoms with Gasteiger partial charge >= 0.3 is 0 Å². The predicted octanol–water partition coefficient (Wildman–Crippen LogP) is 1.10. The lowest BCUT2D eigenvalue weighted by atomic mass is 10.1. The number of likely N-dealkylation sites (N-methyl/N-ethyl adjacent to an activating group) is 1. The van der Waals surface area contributed by atoms with E-state index >= 15 is 0 Å². The topological polar surface area (TPSA) is 79.8 Å². The van der Waals surface area contributed by atoms with Crippen LogP contribution < -0.4 is 20.1 Å². The van der Waals surface area contributed by atoms with Gasteiger partial charge in [-0.3, -0.25) is 4.79 Å². The Morgan fingerprint density at radius 1 is 1.29 bits per heavy atom. The third-order valence-corrected chi connectivity index (χ3v) is 2.63. The highest BCUT2D eigenvalue weighted by Gasteiger charge is 2.15. The fraction of sp³-hybridized carbons (Fsp3) is 0.533. The molecule has 1 aromatic rings. The number of rotatable bonds is 7. The van der Waals surface area contributed by atoms with Gasteiger partial charge in [-0.2, -0.15) is 0 Å². The molecule has 0 bridgehead atoms. The SMILES string of the molecule is CC.CNCC(=O)NCC(O)c1cc(OC)ccc1OC. The van der Waals surface area contributed by atoms with Crippen LogP contribution in [-0.4, -0.2) is 45.4 Å². The van der Waals surface area contributed by atoms with E-state index in [1.807, 2.05) is 13.8 Å². The van der Waals surface area contributed by atoms with Crippen LogP contribution in [0.25, 0.3) is 0 Å². The Morgan fingerprint density at radius 3 is 2.48 bits per heavy atom. The molecule has 120 valence electrons. The van der Waals surface area contributed by atoms with Gasteiger partial charge in [0.15, 0.2) is 0 Å². The van der Waals surface area contributed by atoms with Crippen molar-refractivity contribution in [3.05, 3.63) is 23.8 Å². The highest BCUT2D eigenvalue weighted by Crippen LogP contribution is 2.28. The number of hydrogen-bond acceptors (Lipinski definition) is 5. The van der Waals surface area contributed by atoms with Crippen LogP contribution >= 0.6 is 0 Å². The quantitative estimate of drug-likeness (QED) is 0.702. The predicted molar refractivity (Wildman–Crippen MR) is 82.8 cm³/mol. The standard InChI is InChI=1S/C13H20N2O4.C2H6/c1-14-8-13(17)15-7-11(16)10-6-9(18-2)4-5-12(10)19-3;1-2/h4-6,11,14,16H,7-8H2,1-3H3,(H,15,17);1-2H3. The Morgan fingerprint density at radius 2 is 1.95 bits per heavy atom. The molecule has 1 rings (SSSR count). The minimum absolute atomic E-state index is 0.115. The molecule has 1 unspecified atom stereocenters. The molecule has 1 atom stereocenters. The number of carbonyl (C=O) groups is 1. The van der Waals surface area contributed by atoms with E-state index in [0.29, 0.717) is 17.1 Å². The Bertz CT molecular complexity index is 424. The number of methoxy groups -OCH3 is 2. The van der Waals surface area contributed by atoms with Crippen LogP contribution in [0.15, 0.2) is 18.2 Å². The zero-order valence-corrected chi connectivity index (χ0v) is 13.4. The highest BCUT2D eigenvalue weighted by molar-refractivity contribution is 5.77. The van der Waals surface area contributed by atoms with E-state index < -0.39 is 6.10 Å². The van der Waals surface area contributed by atoms with Gasteiger partial charge in [-0.05, 0) is 25.2 Å². The summed E-state index contributed by atoms with van der Waals surface area (Å²) in [7, 11) is 4.76. The van der Waals surface area contributed by atoms with Crippen LogP contribution in [0.5, 0.6) is 11.5 Å². The van der Waals surface area contributed by atoms with E-state index in [4.69, 9.17) is 9.47 Å². The minimum Gasteiger partial charge on any atom is -0.497 e. The number of hydrogen-bond donors (Lipinski definition) is 3. The van der Waals surface area contributed by atoms with Gasteiger partial charge in [-0.15, -0.1) is 0 Å². The number of carbonyl (C=O) groups excluding carboxylic acids is 1. The second-order valence-electron chi connectivity index (χ2n) is 3.96. The molecule has 1 aromatic carbocycles. The molecule has 0 spiro atoms. The Hall–Kier alpha value is -1.79. The third-order valence-electron chi connectivity index (χ3n) is 2.63. The van der Waals surface area contributed by atoms with Crippen LogP contribution in [0.4, 0.5) is 0 Å². The summed E-state index contributed by atoms with van der Waals surface area (Å²) < 4.78 is 10.3. The first kappa shape index (κ1) is 19.2. The van der Waals surface area contributed by atoms with Crippen LogP contribution in [0.3, 0.4) is 0 Å². The van der Waals surface area contributed by atoms with Crippen molar-refractivity contribution in [2.75, 3.05) is 34.4 Å². The van der Waals surface area contributed by atoms with Crippen molar-refractivity contribution in [2.45, 2.75) is 20.0 Å². The normalized spacial score (nSPS) is 11.0. The molecule has 0 aromatic heterocycles. The summed E-state index contributed by atoms with van der Waals surface area (Å²) in [6, 6.07) is 5.15. The van der Waals surface area contributed by atoms with Gasteiger partial charge in [0.1, 0.15) is 11.5 Å². The molecule has 21 heavy (non-hydrogen) atoms. The second-order valence-corrected chi connectivity index (χ2v) is 3.96. The smallest absolute Gasteiger partial charge is 0.234 e. The van der Waals surface area contributed by atoms with E-state index in [1.54, 1.807) is 32.4 Å². The fourth-order valence-corrected chi connectivity index (χ4v) is 1.64. The van der Waals surface area contributed by atoms with Gasteiger partial charge in [0.05, 0.1) is 26.9 Å². The molecule has 0 saturated carbocycles. The van der Waals surface area contributed by atoms with E-state index in [9.17, 15) is 9.90 Å². The van der Waals surface area contributed by atoms with Crippen molar-refractivity contribution in [1.82, 2.24) is 10.6 Å². The van der Waals surface area contributed by atoms with Crippen molar-refractivity contribution in [2.24, 2.45) is 0 Å². The van der Waals surface area contributed by atoms with Crippen LogP contribution in [0.1, 0.15) is 25.5 Å². The molecule has 6 nitrogen and oxygen atoms in total. The summed E-state index contributed by atoms with van der Waals surface area (Å²) in [6.07, 6.45) is -0.856. The average Bonchev–Trinajstić information content (AvgIpc) is 2.54. The lowest BCUT2D eigenvalue weighted by Gasteiger charge is -2.16. The van der Waals surface area contributed by atoms with Gasteiger partial charge < -0.3 is 25.2 Å². The molecule has 0 fully saturated rings. The number of ether oxygens (including phenoxy) is 2. The molecule has 0 aliphatic carbocycles. The van der Waals surface area contributed by atoms with Gasteiger partial charge in [0.2, 0.25) is 5.91 Å². The molecule has 0 radical (unpaired) electrons. The number of benzene rings is 1. The monoisotopic (exact) mass is 298 g/mol. The van der Waals surface area contributed by atoms with Crippen molar-refractivity contribution in [3.8, 4) is 11.5 Å². The summed E-state index contributed by atoms with van der Waals surface area (Å²) in [6.45, 7) is 4.33. The summed E-state index contributed by atoms with van der Waals surface area (Å²) in [4.78, 5) is 11.3. The first-order chi connectivity index (χ1) is 10.1. The molecule has 1 amide bonds. The summed E-state index contributed by atoms with van der Waals surface area (Å²) in [5.41, 5.74) is 0.576. The van der Waals surface area contributed by atoms with Crippen molar-refractivity contribution in [1.29, 1.82) is 0 Å². The fourth-order valence-electron chi connectivity index (χ4n) is 1.64. The van der Waals surface area contributed by atoms with Crippen LogP contribution in [0, 0.1) is 0 Å². The minimum atomic E-state index is -0.856.